The standard InChI is InChI=1S/C28H41N3O/c1-27(2)14-15-28(3,4)24-20-21(10-11-23(24)27)25-8-7-9-26(30-25)31-17-12-22(13-18-31)29-16-5-6-19-32/h7-11,20,22,29,32H,5-6,12-19H2,1-4H3. The maximum atomic E-state index is 8.93. The lowest BCUT2D eigenvalue weighted by Crippen LogP contribution is -2.43. The smallest absolute Gasteiger partial charge is 0.129 e. The van der Waals surface area contributed by atoms with E-state index in [-0.39, 0.29) is 10.8 Å². The fourth-order valence-electron chi connectivity index (χ4n) is 5.36. The fraction of sp³-hybridized carbons (Fsp3) is 0.607. The second kappa shape index (κ2) is 9.52. The molecule has 1 aromatic carbocycles. The van der Waals surface area contributed by atoms with Gasteiger partial charge < -0.3 is 15.3 Å². The summed E-state index contributed by atoms with van der Waals surface area (Å²) in [6.07, 6.45) is 6.70. The summed E-state index contributed by atoms with van der Waals surface area (Å²) in [7, 11) is 0. The number of hydrogen-bond donors (Lipinski definition) is 2. The number of anilines is 1. The molecule has 2 N–H and O–H groups in total. The molecule has 0 spiro atoms. The quantitative estimate of drug-likeness (QED) is 0.570. The Morgan fingerprint density at radius 1 is 0.969 bits per heavy atom. The Morgan fingerprint density at radius 3 is 2.41 bits per heavy atom. The van der Waals surface area contributed by atoms with Gasteiger partial charge in [-0.15, -0.1) is 0 Å². The van der Waals surface area contributed by atoms with Crippen LogP contribution in [-0.2, 0) is 10.8 Å². The molecule has 174 valence electrons. The first-order chi connectivity index (χ1) is 15.3. The highest BCUT2D eigenvalue weighted by molar-refractivity contribution is 5.65. The van der Waals surface area contributed by atoms with Crippen LogP contribution in [-0.4, -0.2) is 42.4 Å². The third kappa shape index (κ3) is 5.02. The van der Waals surface area contributed by atoms with Crippen LogP contribution in [0.15, 0.2) is 36.4 Å². The van der Waals surface area contributed by atoms with Crippen molar-refractivity contribution in [3.05, 3.63) is 47.5 Å². The van der Waals surface area contributed by atoms with Crippen LogP contribution in [0.5, 0.6) is 0 Å². The molecule has 0 unspecified atom stereocenters. The molecule has 0 atom stereocenters. The van der Waals surface area contributed by atoms with Gasteiger partial charge in [-0.25, -0.2) is 4.98 Å². The van der Waals surface area contributed by atoms with Crippen molar-refractivity contribution in [1.82, 2.24) is 10.3 Å². The molecular formula is C28H41N3O. The molecule has 32 heavy (non-hydrogen) atoms. The lowest BCUT2D eigenvalue weighted by Gasteiger charge is -2.42. The second-order valence-corrected chi connectivity index (χ2v) is 11.1. The number of benzene rings is 1. The molecule has 1 fully saturated rings. The van der Waals surface area contributed by atoms with E-state index in [0.29, 0.717) is 12.6 Å². The van der Waals surface area contributed by atoms with Gasteiger partial charge in [-0.3, -0.25) is 0 Å². The summed E-state index contributed by atoms with van der Waals surface area (Å²) in [5, 5.41) is 12.6. The van der Waals surface area contributed by atoms with Crippen LogP contribution in [0.2, 0.25) is 0 Å². The summed E-state index contributed by atoms with van der Waals surface area (Å²) < 4.78 is 0. The van der Waals surface area contributed by atoms with E-state index in [1.54, 1.807) is 0 Å². The summed E-state index contributed by atoms with van der Waals surface area (Å²) in [6, 6.07) is 14.1. The highest BCUT2D eigenvalue weighted by atomic mass is 16.2. The number of hydrogen-bond acceptors (Lipinski definition) is 4. The largest absolute Gasteiger partial charge is 0.396 e. The first-order valence-corrected chi connectivity index (χ1v) is 12.5. The predicted octanol–water partition coefficient (Wildman–Crippen LogP) is 5.43. The van der Waals surface area contributed by atoms with Crippen molar-refractivity contribution in [2.45, 2.75) is 83.1 Å². The Hall–Kier alpha value is -1.91. The minimum Gasteiger partial charge on any atom is -0.396 e. The number of aromatic nitrogens is 1. The zero-order valence-corrected chi connectivity index (χ0v) is 20.5. The molecule has 2 heterocycles. The van der Waals surface area contributed by atoms with Gasteiger partial charge in [-0.2, -0.15) is 0 Å². The molecule has 2 aromatic rings. The van der Waals surface area contributed by atoms with E-state index in [2.05, 4.69) is 74.3 Å². The zero-order chi connectivity index (χ0) is 22.8. The summed E-state index contributed by atoms with van der Waals surface area (Å²) in [5.74, 6) is 1.10. The van der Waals surface area contributed by atoms with Crippen LogP contribution < -0.4 is 10.2 Å². The van der Waals surface area contributed by atoms with E-state index in [4.69, 9.17) is 10.1 Å². The first-order valence-electron chi connectivity index (χ1n) is 12.5. The van der Waals surface area contributed by atoms with Gasteiger partial charge in [0.15, 0.2) is 0 Å². The van der Waals surface area contributed by atoms with Crippen molar-refractivity contribution in [2.75, 3.05) is 31.1 Å². The number of fused-ring (bicyclic) bond motifs is 1. The highest BCUT2D eigenvalue weighted by Crippen LogP contribution is 2.46. The monoisotopic (exact) mass is 435 g/mol. The van der Waals surface area contributed by atoms with Crippen molar-refractivity contribution in [3.8, 4) is 11.3 Å². The molecule has 0 saturated carbocycles. The maximum absolute atomic E-state index is 8.93. The number of nitrogens with zero attached hydrogens (tertiary/aromatic N) is 2. The highest BCUT2D eigenvalue weighted by Gasteiger charge is 2.37. The van der Waals surface area contributed by atoms with Crippen LogP contribution >= 0.6 is 0 Å². The SMILES string of the molecule is CC1(C)CCC(C)(C)c2cc(-c3cccc(N4CCC(NCCCCO)CC4)n3)ccc21. The Labute approximate surface area is 194 Å². The average Bonchev–Trinajstić information content (AvgIpc) is 2.80. The number of nitrogens with one attached hydrogen (secondary N) is 1. The molecular weight excluding hydrogens is 394 g/mol. The van der Waals surface area contributed by atoms with Crippen LogP contribution in [0.1, 0.15) is 77.3 Å². The maximum Gasteiger partial charge on any atom is 0.129 e. The van der Waals surface area contributed by atoms with Crippen LogP contribution in [0, 0.1) is 0 Å². The fourth-order valence-corrected chi connectivity index (χ4v) is 5.36. The lowest BCUT2D eigenvalue weighted by molar-refractivity contribution is 0.281. The van der Waals surface area contributed by atoms with Gasteiger partial charge in [0.05, 0.1) is 5.69 Å². The van der Waals surface area contributed by atoms with Gasteiger partial charge in [0.2, 0.25) is 0 Å². The van der Waals surface area contributed by atoms with Crippen molar-refractivity contribution in [3.63, 3.8) is 0 Å². The first kappa shape index (κ1) is 23.3. The third-order valence-electron chi connectivity index (χ3n) is 7.72. The van der Waals surface area contributed by atoms with Gasteiger partial charge in [-0.05, 0) is 85.2 Å². The van der Waals surface area contributed by atoms with E-state index < -0.39 is 0 Å². The summed E-state index contributed by atoms with van der Waals surface area (Å²) in [4.78, 5) is 7.52. The van der Waals surface area contributed by atoms with E-state index in [1.807, 2.05) is 0 Å². The molecule has 1 aliphatic carbocycles. The molecule has 1 saturated heterocycles. The third-order valence-corrected chi connectivity index (χ3v) is 7.72. The number of pyridine rings is 1. The van der Waals surface area contributed by atoms with E-state index >= 15 is 0 Å². The summed E-state index contributed by atoms with van der Waals surface area (Å²) >= 11 is 0. The number of rotatable bonds is 7. The normalized spacial score (nSPS) is 20.2. The second-order valence-electron chi connectivity index (χ2n) is 11.1. The molecule has 4 rings (SSSR count). The van der Waals surface area contributed by atoms with Gasteiger partial charge in [0.1, 0.15) is 5.82 Å². The molecule has 1 aromatic heterocycles. The molecule has 0 radical (unpaired) electrons. The zero-order valence-electron chi connectivity index (χ0n) is 20.5. The van der Waals surface area contributed by atoms with Gasteiger partial charge in [0.25, 0.3) is 0 Å². The van der Waals surface area contributed by atoms with Crippen LogP contribution in [0.4, 0.5) is 5.82 Å². The average molecular weight is 436 g/mol. The molecule has 0 bridgehead atoms. The summed E-state index contributed by atoms with van der Waals surface area (Å²) in [5.41, 5.74) is 5.76. The molecule has 4 heteroatoms. The van der Waals surface area contributed by atoms with E-state index in [0.717, 1.165) is 56.8 Å². The Balaban J connectivity index is 1.47. The number of aliphatic hydroxyl groups is 1. The van der Waals surface area contributed by atoms with Gasteiger partial charge in [0, 0.05) is 31.3 Å². The molecule has 0 amide bonds. The van der Waals surface area contributed by atoms with E-state index in [9.17, 15) is 0 Å². The number of piperidine rings is 1. The van der Waals surface area contributed by atoms with Gasteiger partial charge in [-0.1, -0.05) is 45.9 Å². The Kier molecular flexibility index (Phi) is 6.92. The van der Waals surface area contributed by atoms with Crippen molar-refractivity contribution in [1.29, 1.82) is 0 Å². The number of aliphatic hydroxyl groups excluding tert-OH is 1. The van der Waals surface area contributed by atoms with Gasteiger partial charge >= 0.3 is 0 Å². The minimum absolute atomic E-state index is 0.213. The van der Waals surface area contributed by atoms with Crippen LogP contribution in [0.25, 0.3) is 11.3 Å². The van der Waals surface area contributed by atoms with Crippen LogP contribution in [0.3, 0.4) is 0 Å². The molecule has 4 nitrogen and oxygen atoms in total. The minimum atomic E-state index is 0.213. The van der Waals surface area contributed by atoms with Crippen molar-refractivity contribution in [2.24, 2.45) is 0 Å². The summed E-state index contributed by atoms with van der Waals surface area (Å²) in [6.45, 7) is 12.9. The number of unbranched alkanes of at least 4 members (excludes halogenated alkanes) is 1. The van der Waals surface area contributed by atoms with E-state index in [1.165, 1.54) is 29.5 Å². The lowest BCUT2D eigenvalue weighted by atomic mass is 9.63. The molecule has 1 aliphatic heterocycles. The predicted molar refractivity (Wildman–Crippen MR) is 135 cm³/mol. The van der Waals surface area contributed by atoms with Crippen molar-refractivity contribution < 1.29 is 5.11 Å². The topological polar surface area (TPSA) is 48.4 Å². The Morgan fingerprint density at radius 2 is 1.69 bits per heavy atom. The van der Waals surface area contributed by atoms with Crippen molar-refractivity contribution >= 4 is 5.82 Å². The Bertz CT molecular complexity index is 913. The molecule has 2 aliphatic rings.